The van der Waals surface area contributed by atoms with Crippen molar-refractivity contribution in [1.82, 2.24) is 20.0 Å². The molecule has 0 spiro atoms. The van der Waals surface area contributed by atoms with Gasteiger partial charge in [-0.2, -0.15) is 5.10 Å². The SMILES string of the molecule is CCOc1ccc(CN2CCCn3nc(CNC(=O)C4CCC4)cc3C2)cc1. The molecule has 0 radical (unpaired) electrons. The van der Waals surface area contributed by atoms with Gasteiger partial charge >= 0.3 is 0 Å². The maximum Gasteiger partial charge on any atom is 0.223 e. The second-order valence-corrected chi connectivity index (χ2v) is 7.84. The van der Waals surface area contributed by atoms with Gasteiger partial charge < -0.3 is 10.1 Å². The smallest absolute Gasteiger partial charge is 0.223 e. The molecule has 1 aliphatic carbocycles. The fourth-order valence-electron chi connectivity index (χ4n) is 3.92. The van der Waals surface area contributed by atoms with Crippen LogP contribution in [0.3, 0.4) is 0 Å². The number of hydrogen-bond acceptors (Lipinski definition) is 4. The number of nitrogens with zero attached hydrogens (tertiary/aromatic N) is 3. The van der Waals surface area contributed by atoms with Gasteiger partial charge in [-0.15, -0.1) is 0 Å². The predicted octanol–water partition coefficient (Wildman–Crippen LogP) is 3.10. The molecule has 28 heavy (non-hydrogen) atoms. The average Bonchev–Trinajstić information content (AvgIpc) is 2.92. The van der Waals surface area contributed by atoms with Gasteiger partial charge in [-0.25, -0.2) is 0 Å². The molecule has 1 aromatic carbocycles. The summed E-state index contributed by atoms with van der Waals surface area (Å²) in [6, 6.07) is 10.5. The topological polar surface area (TPSA) is 59.4 Å². The summed E-state index contributed by atoms with van der Waals surface area (Å²) in [6.45, 7) is 7.03. The molecule has 0 bridgehead atoms. The molecule has 1 fully saturated rings. The molecule has 0 unspecified atom stereocenters. The summed E-state index contributed by atoms with van der Waals surface area (Å²) in [5, 5.41) is 7.77. The molecule has 1 amide bonds. The van der Waals surface area contributed by atoms with Crippen LogP contribution in [-0.2, 0) is 31.0 Å². The van der Waals surface area contributed by atoms with Gasteiger partial charge in [-0.1, -0.05) is 18.6 Å². The second-order valence-electron chi connectivity index (χ2n) is 7.84. The number of ether oxygens (including phenoxy) is 1. The van der Waals surface area contributed by atoms with Crippen molar-refractivity contribution in [3.8, 4) is 5.75 Å². The summed E-state index contributed by atoms with van der Waals surface area (Å²) in [7, 11) is 0. The standard InChI is InChI=1S/C22H30N4O2/c1-2-28-21-9-7-17(8-10-21)15-25-11-4-12-26-20(16-25)13-19(24-26)14-23-22(27)18-5-3-6-18/h7-10,13,18H,2-6,11-12,14-16H2,1H3,(H,23,27). The van der Waals surface area contributed by atoms with Gasteiger partial charge in [0.15, 0.2) is 0 Å². The molecule has 1 aromatic heterocycles. The maximum atomic E-state index is 12.1. The fourth-order valence-corrected chi connectivity index (χ4v) is 3.92. The van der Waals surface area contributed by atoms with E-state index in [4.69, 9.17) is 9.84 Å². The highest BCUT2D eigenvalue weighted by molar-refractivity contribution is 5.79. The van der Waals surface area contributed by atoms with Gasteiger partial charge in [0.1, 0.15) is 5.75 Å². The molecule has 2 heterocycles. The quantitative estimate of drug-likeness (QED) is 0.799. The minimum Gasteiger partial charge on any atom is -0.494 e. The molecule has 1 N–H and O–H groups in total. The van der Waals surface area contributed by atoms with Gasteiger partial charge in [-0.05, 0) is 49.9 Å². The third-order valence-corrected chi connectivity index (χ3v) is 5.70. The van der Waals surface area contributed by atoms with Gasteiger partial charge in [0.25, 0.3) is 0 Å². The number of fused-ring (bicyclic) bond motifs is 1. The lowest BCUT2D eigenvalue weighted by atomic mass is 9.85. The molecule has 1 saturated carbocycles. The van der Waals surface area contributed by atoms with Crippen molar-refractivity contribution in [1.29, 1.82) is 0 Å². The van der Waals surface area contributed by atoms with Gasteiger partial charge in [0, 0.05) is 32.1 Å². The van der Waals surface area contributed by atoms with Crippen LogP contribution in [0.4, 0.5) is 0 Å². The Labute approximate surface area is 166 Å². The molecule has 1 aliphatic heterocycles. The lowest BCUT2D eigenvalue weighted by Gasteiger charge is -2.23. The minimum absolute atomic E-state index is 0.187. The first-order valence-corrected chi connectivity index (χ1v) is 10.5. The Morgan fingerprint density at radius 1 is 1.21 bits per heavy atom. The Morgan fingerprint density at radius 3 is 2.75 bits per heavy atom. The monoisotopic (exact) mass is 382 g/mol. The highest BCUT2D eigenvalue weighted by atomic mass is 16.5. The van der Waals surface area contributed by atoms with Gasteiger partial charge in [0.2, 0.25) is 5.91 Å². The predicted molar refractivity (Wildman–Crippen MR) is 108 cm³/mol. The summed E-state index contributed by atoms with van der Waals surface area (Å²) in [6.07, 6.45) is 4.33. The molecule has 6 nitrogen and oxygen atoms in total. The highest BCUT2D eigenvalue weighted by Crippen LogP contribution is 2.26. The number of carbonyl (C=O) groups excluding carboxylic acids is 1. The normalized spacial score (nSPS) is 17.5. The summed E-state index contributed by atoms with van der Waals surface area (Å²) < 4.78 is 7.64. The van der Waals surface area contributed by atoms with Gasteiger partial charge in [-0.3, -0.25) is 14.4 Å². The van der Waals surface area contributed by atoms with Crippen molar-refractivity contribution >= 4 is 5.91 Å². The Morgan fingerprint density at radius 2 is 2.04 bits per heavy atom. The second kappa shape index (κ2) is 8.78. The number of carbonyl (C=O) groups is 1. The van der Waals surface area contributed by atoms with E-state index in [2.05, 4.69) is 33.1 Å². The van der Waals surface area contributed by atoms with Crippen molar-refractivity contribution in [2.24, 2.45) is 5.92 Å². The molecule has 6 heteroatoms. The van der Waals surface area contributed by atoms with Crippen LogP contribution in [0.1, 0.15) is 49.6 Å². The Bertz CT molecular complexity index is 795. The van der Waals surface area contributed by atoms with E-state index in [9.17, 15) is 4.79 Å². The van der Waals surface area contributed by atoms with Crippen LogP contribution in [0, 0.1) is 5.92 Å². The number of rotatable bonds is 7. The van der Waals surface area contributed by atoms with Crippen molar-refractivity contribution < 1.29 is 9.53 Å². The Balaban J connectivity index is 1.34. The summed E-state index contributed by atoms with van der Waals surface area (Å²) in [4.78, 5) is 14.5. The van der Waals surface area contributed by atoms with E-state index in [0.717, 1.165) is 56.9 Å². The third kappa shape index (κ3) is 4.55. The Hall–Kier alpha value is -2.34. The number of hydrogen-bond donors (Lipinski definition) is 1. The van der Waals surface area contributed by atoms with Crippen LogP contribution < -0.4 is 10.1 Å². The molecular weight excluding hydrogens is 352 g/mol. The zero-order valence-electron chi connectivity index (χ0n) is 16.7. The van der Waals surface area contributed by atoms with Crippen molar-refractivity contribution in [2.45, 2.75) is 58.8 Å². The molecule has 150 valence electrons. The summed E-state index contributed by atoms with van der Waals surface area (Å²) >= 11 is 0. The number of benzene rings is 1. The molecule has 2 aromatic rings. The van der Waals surface area contributed by atoms with Crippen LogP contribution in [-0.4, -0.2) is 33.7 Å². The Kier molecular flexibility index (Phi) is 5.95. The lowest BCUT2D eigenvalue weighted by molar-refractivity contribution is -0.127. The van der Waals surface area contributed by atoms with E-state index in [-0.39, 0.29) is 11.8 Å². The largest absolute Gasteiger partial charge is 0.494 e. The lowest BCUT2D eigenvalue weighted by Crippen LogP contribution is -2.34. The highest BCUT2D eigenvalue weighted by Gasteiger charge is 2.25. The average molecular weight is 383 g/mol. The summed E-state index contributed by atoms with van der Waals surface area (Å²) in [5.41, 5.74) is 3.49. The van der Waals surface area contributed by atoms with Crippen LogP contribution in [0.25, 0.3) is 0 Å². The number of nitrogens with one attached hydrogen (secondary N) is 1. The molecule has 0 saturated heterocycles. The van der Waals surface area contributed by atoms with Crippen molar-refractivity contribution in [2.75, 3.05) is 13.2 Å². The number of aromatic nitrogens is 2. The molecular formula is C22H30N4O2. The van der Waals surface area contributed by atoms with Gasteiger partial charge in [0.05, 0.1) is 24.5 Å². The van der Waals surface area contributed by atoms with Crippen LogP contribution in [0.2, 0.25) is 0 Å². The van der Waals surface area contributed by atoms with Crippen LogP contribution >= 0.6 is 0 Å². The third-order valence-electron chi connectivity index (χ3n) is 5.70. The number of amides is 1. The van der Waals surface area contributed by atoms with E-state index in [1.165, 1.54) is 17.7 Å². The number of aryl methyl sites for hydroxylation is 1. The van der Waals surface area contributed by atoms with E-state index < -0.39 is 0 Å². The fraction of sp³-hybridized carbons (Fsp3) is 0.545. The van der Waals surface area contributed by atoms with E-state index in [1.807, 2.05) is 19.1 Å². The first-order chi connectivity index (χ1) is 13.7. The minimum atomic E-state index is 0.187. The van der Waals surface area contributed by atoms with E-state index in [1.54, 1.807) is 0 Å². The van der Waals surface area contributed by atoms with Crippen LogP contribution in [0.5, 0.6) is 5.75 Å². The molecule has 0 atom stereocenters. The van der Waals surface area contributed by atoms with Crippen LogP contribution in [0.15, 0.2) is 30.3 Å². The first-order valence-electron chi connectivity index (χ1n) is 10.5. The van der Waals surface area contributed by atoms with Crippen molar-refractivity contribution in [3.05, 3.63) is 47.3 Å². The maximum absolute atomic E-state index is 12.1. The zero-order chi connectivity index (χ0) is 19.3. The zero-order valence-corrected chi connectivity index (χ0v) is 16.7. The summed E-state index contributed by atoms with van der Waals surface area (Å²) in [5.74, 6) is 1.34. The van der Waals surface area contributed by atoms with E-state index in [0.29, 0.717) is 13.2 Å². The first kappa shape index (κ1) is 19.0. The molecule has 2 aliphatic rings. The molecule has 4 rings (SSSR count). The van der Waals surface area contributed by atoms with E-state index >= 15 is 0 Å². The van der Waals surface area contributed by atoms with Crippen molar-refractivity contribution in [3.63, 3.8) is 0 Å².